The summed E-state index contributed by atoms with van der Waals surface area (Å²) in [4.78, 5) is 10.4. The van der Waals surface area contributed by atoms with E-state index in [-0.39, 0.29) is 11.7 Å². The average Bonchev–Trinajstić information content (AvgIpc) is 3.07. The van der Waals surface area contributed by atoms with Gasteiger partial charge in [-0.3, -0.25) is 4.84 Å². The van der Waals surface area contributed by atoms with Crippen LogP contribution < -0.4 is 5.48 Å². The minimum Gasteiger partial charge on any atom is -0.378 e. The second kappa shape index (κ2) is 7.15. The van der Waals surface area contributed by atoms with Gasteiger partial charge in [-0.1, -0.05) is 60.3 Å². The van der Waals surface area contributed by atoms with Crippen LogP contribution in [0.15, 0.2) is 59.6 Å². The number of aliphatic imine (C=N–C) groups is 1. The molecular weight excluding hydrogens is 339 g/mol. The molecule has 2 aliphatic rings. The molecule has 2 aliphatic heterocycles. The Morgan fingerprint density at radius 1 is 1.20 bits per heavy atom. The molecule has 4 nitrogen and oxygen atoms in total. The van der Waals surface area contributed by atoms with Crippen LogP contribution in [0.1, 0.15) is 11.1 Å². The number of hydroxylamine groups is 1. The highest BCUT2D eigenvalue weighted by Crippen LogP contribution is 2.45. The molecule has 4 rings (SSSR count). The van der Waals surface area contributed by atoms with Crippen molar-refractivity contribution in [1.29, 1.82) is 0 Å². The van der Waals surface area contributed by atoms with Gasteiger partial charge in [-0.05, 0) is 11.6 Å². The largest absolute Gasteiger partial charge is 0.378 e. The number of hydrogen-bond acceptors (Lipinski definition) is 5. The van der Waals surface area contributed by atoms with Crippen molar-refractivity contribution >= 4 is 16.9 Å². The van der Waals surface area contributed by atoms with Gasteiger partial charge in [-0.25, -0.2) is 14.9 Å². The van der Waals surface area contributed by atoms with Gasteiger partial charge >= 0.3 is 0 Å². The number of nitrogens with one attached hydrogen (secondary N) is 1. The number of rotatable bonds is 4. The van der Waals surface area contributed by atoms with Crippen molar-refractivity contribution in [3.8, 4) is 0 Å². The zero-order valence-corrected chi connectivity index (χ0v) is 14.5. The second-order valence-electron chi connectivity index (χ2n) is 6.22. The minimum absolute atomic E-state index is 0.161. The van der Waals surface area contributed by atoms with Crippen molar-refractivity contribution in [2.45, 2.75) is 12.1 Å². The van der Waals surface area contributed by atoms with Gasteiger partial charge < -0.3 is 4.74 Å². The Kier molecular flexibility index (Phi) is 4.74. The topological polar surface area (TPSA) is 42.8 Å². The third kappa shape index (κ3) is 3.29. The van der Waals surface area contributed by atoms with Gasteiger partial charge in [0.1, 0.15) is 11.4 Å². The molecule has 0 saturated carbocycles. The first-order valence-electron chi connectivity index (χ1n) is 8.25. The molecule has 130 valence electrons. The highest BCUT2D eigenvalue weighted by atomic mass is 32.2. The second-order valence-corrected chi connectivity index (χ2v) is 7.23. The Balaban J connectivity index is 1.53. The van der Waals surface area contributed by atoms with Gasteiger partial charge in [-0.15, -0.1) is 0 Å². The molecule has 0 aromatic heterocycles. The summed E-state index contributed by atoms with van der Waals surface area (Å²) in [7, 11) is 0. The molecule has 0 radical (unpaired) electrons. The number of nitrogens with zero attached hydrogens (tertiary/aromatic N) is 1. The summed E-state index contributed by atoms with van der Waals surface area (Å²) in [5, 5.41) is 0.668. The molecule has 1 saturated heterocycles. The lowest BCUT2D eigenvalue weighted by atomic mass is 9.81. The van der Waals surface area contributed by atoms with Gasteiger partial charge in [-0.2, -0.15) is 0 Å². The molecule has 2 aromatic rings. The summed E-state index contributed by atoms with van der Waals surface area (Å²) in [6.45, 7) is 1.43. The van der Waals surface area contributed by atoms with Gasteiger partial charge in [0.25, 0.3) is 0 Å². The van der Waals surface area contributed by atoms with E-state index < -0.39 is 5.54 Å². The van der Waals surface area contributed by atoms with Crippen molar-refractivity contribution in [1.82, 2.24) is 5.48 Å². The summed E-state index contributed by atoms with van der Waals surface area (Å²) < 4.78 is 20.1. The number of benzene rings is 2. The maximum Gasteiger partial charge on any atom is 0.181 e. The van der Waals surface area contributed by atoms with Crippen molar-refractivity contribution < 1.29 is 14.0 Å². The van der Waals surface area contributed by atoms with E-state index >= 15 is 0 Å². The van der Waals surface area contributed by atoms with E-state index in [1.54, 1.807) is 23.9 Å². The quantitative estimate of drug-likeness (QED) is 0.850. The molecule has 1 fully saturated rings. The van der Waals surface area contributed by atoms with Crippen LogP contribution >= 0.6 is 11.8 Å². The highest BCUT2D eigenvalue weighted by Gasteiger charge is 2.49. The first-order valence-corrected chi connectivity index (χ1v) is 9.24. The van der Waals surface area contributed by atoms with Crippen LogP contribution in [0.4, 0.5) is 4.39 Å². The van der Waals surface area contributed by atoms with E-state index in [0.29, 0.717) is 30.6 Å². The SMILES string of the molecule is Fc1ccccc1[C@]12COC[C@H]1CSC(NOCc1ccccc1)=N2. The van der Waals surface area contributed by atoms with E-state index in [1.165, 1.54) is 6.07 Å². The molecule has 0 amide bonds. The fourth-order valence-electron chi connectivity index (χ4n) is 3.29. The van der Waals surface area contributed by atoms with Crippen LogP contribution in [0.25, 0.3) is 0 Å². The number of ether oxygens (including phenoxy) is 1. The normalized spacial score (nSPS) is 25.3. The molecule has 0 spiro atoms. The monoisotopic (exact) mass is 358 g/mol. The van der Waals surface area contributed by atoms with Crippen LogP contribution in [-0.2, 0) is 21.7 Å². The maximum atomic E-state index is 14.4. The zero-order chi connectivity index (χ0) is 17.1. The molecular formula is C19H19FN2O2S. The molecule has 0 bridgehead atoms. The number of halogens is 1. The lowest BCUT2D eigenvalue weighted by Gasteiger charge is -2.34. The molecule has 0 unspecified atom stereocenters. The summed E-state index contributed by atoms with van der Waals surface area (Å²) in [6, 6.07) is 16.7. The highest BCUT2D eigenvalue weighted by molar-refractivity contribution is 8.13. The summed E-state index contributed by atoms with van der Waals surface area (Å²) >= 11 is 1.59. The summed E-state index contributed by atoms with van der Waals surface area (Å²) in [6.07, 6.45) is 0. The van der Waals surface area contributed by atoms with Crippen molar-refractivity contribution in [3.63, 3.8) is 0 Å². The predicted octanol–water partition coefficient (Wildman–Crippen LogP) is 3.49. The molecule has 1 N–H and O–H groups in total. The van der Waals surface area contributed by atoms with Gasteiger partial charge in [0.05, 0.1) is 19.8 Å². The van der Waals surface area contributed by atoms with Crippen LogP contribution in [0.2, 0.25) is 0 Å². The molecule has 2 atom stereocenters. The van der Waals surface area contributed by atoms with Gasteiger partial charge in [0, 0.05) is 17.2 Å². The Bertz CT molecular complexity index is 771. The summed E-state index contributed by atoms with van der Waals surface area (Å²) in [5.41, 5.74) is 3.93. The van der Waals surface area contributed by atoms with Crippen molar-refractivity contribution in [3.05, 3.63) is 71.5 Å². The van der Waals surface area contributed by atoms with Crippen LogP contribution in [0.3, 0.4) is 0 Å². The smallest absolute Gasteiger partial charge is 0.181 e. The number of fused-ring (bicyclic) bond motifs is 1. The lowest BCUT2D eigenvalue weighted by molar-refractivity contribution is 0.0721. The molecule has 2 aromatic carbocycles. The van der Waals surface area contributed by atoms with E-state index in [4.69, 9.17) is 14.6 Å². The van der Waals surface area contributed by atoms with Crippen LogP contribution in [0, 0.1) is 11.7 Å². The standard InChI is InChI=1S/C19H19FN2O2S/c20-17-9-5-4-8-16(17)19-13-23-11-15(19)12-25-18(21-19)22-24-10-14-6-2-1-3-7-14/h1-9,15H,10-13H2,(H,21,22)/t15-,19-/m0/s1. The molecule has 25 heavy (non-hydrogen) atoms. The third-order valence-electron chi connectivity index (χ3n) is 4.62. The number of hydrogen-bond donors (Lipinski definition) is 1. The average molecular weight is 358 g/mol. The molecule has 2 heterocycles. The maximum absolute atomic E-state index is 14.4. The predicted molar refractivity (Wildman–Crippen MR) is 96.6 cm³/mol. The lowest BCUT2D eigenvalue weighted by Crippen LogP contribution is -2.41. The Labute approximate surface area is 150 Å². The van der Waals surface area contributed by atoms with Gasteiger partial charge in [0.2, 0.25) is 0 Å². The fourth-order valence-corrected chi connectivity index (χ4v) is 4.37. The first kappa shape index (κ1) is 16.6. The Morgan fingerprint density at radius 3 is 2.84 bits per heavy atom. The van der Waals surface area contributed by atoms with Crippen molar-refractivity contribution in [2.75, 3.05) is 19.0 Å². The van der Waals surface area contributed by atoms with Crippen molar-refractivity contribution in [2.24, 2.45) is 10.9 Å². The van der Waals surface area contributed by atoms with E-state index in [2.05, 4.69) is 5.48 Å². The van der Waals surface area contributed by atoms with E-state index in [1.807, 2.05) is 36.4 Å². The Morgan fingerprint density at radius 2 is 2.00 bits per heavy atom. The fraction of sp³-hybridized carbons (Fsp3) is 0.316. The zero-order valence-electron chi connectivity index (χ0n) is 13.7. The van der Waals surface area contributed by atoms with Crippen LogP contribution in [-0.4, -0.2) is 24.1 Å². The minimum atomic E-state index is -0.672. The van der Waals surface area contributed by atoms with Gasteiger partial charge in [0.15, 0.2) is 5.17 Å². The first-order chi connectivity index (χ1) is 12.3. The van der Waals surface area contributed by atoms with Crippen LogP contribution in [0.5, 0.6) is 0 Å². The van der Waals surface area contributed by atoms with E-state index in [0.717, 1.165) is 11.3 Å². The molecule has 0 aliphatic carbocycles. The summed E-state index contributed by atoms with van der Waals surface area (Å²) in [5.74, 6) is 0.738. The Hall–Kier alpha value is -1.89. The number of thioether (sulfide) groups is 1. The molecule has 6 heteroatoms. The third-order valence-corrected chi connectivity index (χ3v) is 5.64. The number of amidine groups is 1. The van der Waals surface area contributed by atoms with E-state index in [9.17, 15) is 4.39 Å².